The summed E-state index contributed by atoms with van der Waals surface area (Å²) in [6, 6.07) is 14.3. The monoisotopic (exact) mass is 447 g/mol. The number of amides is 1. The fraction of sp³-hybridized carbons (Fsp3) is 0.381. The highest BCUT2D eigenvalue weighted by molar-refractivity contribution is 7.89. The van der Waals surface area contributed by atoms with Gasteiger partial charge in [0, 0.05) is 25.2 Å². The first-order chi connectivity index (χ1) is 14.8. The van der Waals surface area contributed by atoms with Gasteiger partial charge in [0.15, 0.2) is 4.90 Å². The number of hydrogen-bond acceptors (Lipinski definition) is 6. The number of carbonyl (C=O) groups is 1. The number of carbonyl (C=O) groups excluding carboxylic acids is 1. The first-order valence-corrected chi connectivity index (χ1v) is 11.5. The Morgan fingerprint density at radius 1 is 1.10 bits per heavy atom. The summed E-state index contributed by atoms with van der Waals surface area (Å²) >= 11 is 0. The van der Waals surface area contributed by atoms with E-state index in [0.29, 0.717) is 25.7 Å². The van der Waals surface area contributed by atoms with Crippen LogP contribution in [0.1, 0.15) is 31.2 Å². The largest absolute Gasteiger partial charge is 0.445 e. The zero-order valence-corrected chi connectivity index (χ0v) is 18.0. The summed E-state index contributed by atoms with van der Waals surface area (Å²) < 4.78 is 33.3. The summed E-state index contributed by atoms with van der Waals surface area (Å²) in [5.74, 6) is 0. The van der Waals surface area contributed by atoms with Crippen molar-refractivity contribution in [3.05, 3.63) is 70.3 Å². The summed E-state index contributed by atoms with van der Waals surface area (Å²) in [7, 11) is -2.35. The van der Waals surface area contributed by atoms with E-state index in [1.807, 2.05) is 30.3 Å². The van der Waals surface area contributed by atoms with Gasteiger partial charge >= 0.3 is 6.09 Å². The van der Waals surface area contributed by atoms with Gasteiger partial charge in [0.25, 0.3) is 5.69 Å². The minimum atomic E-state index is -4.03. The van der Waals surface area contributed by atoms with Gasteiger partial charge in [-0.15, -0.1) is 0 Å². The van der Waals surface area contributed by atoms with E-state index in [0.717, 1.165) is 5.56 Å². The minimum absolute atomic E-state index is 0.0601. The SMILES string of the molecule is CN(C(=O)OCc1ccccc1)C1CCC(NS(=O)(=O)c2ccccc2[N+](=O)[O-])CC1. The Kier molecular flexibility index (Phi) is 7.24. The highest BCUT2D eigenvalue weighted by atomic mass is 32.2. The Hall–Kier alpha value is -2.98. The second kappa shape index (κ2) is 9.88. The third-order valence-corrected chi connectivity index (χ3v) is 6.98. The molecule has 0 aromatic heterocycles. The molecule has 31 heavy (non-hydrogen) atoms. The molecule has 3 rings (SSSR count). The molecule has 1 N–H and O–H groups in total. The first kappa shape index (κ1) is 22.7. The number of para-hydroxylation sites is 1. The highest BCUT2D eigenvalue weighted by Crippen LogP contribution is 2.27. The molecule has 1 amide bonds. The molecule has 0 radical (unpaired) electrons. The lowest BCUT2D eigenvalue weighted by atomic mass is 9.91. The first-order valence-electron chi connectivity index (χ1n) is 9.97. The van der Waals surface area contributed by atoms with Gasteiger partial charge in [0.2, 0.25) is 10.0 Å². The molecule has 0 spiro atoms. The van der Waals surface area contributed by atoms with Gasteiger partial charge in [0.05, 0.1) is 4.92 Å². The molecule has 0 aliphatic heterocycles. The zero-order chi connectivity index (χ0) is 22.4. The summed E-state index contributed by atoms with van der Waals surface area (Å²) in [6.07, 6.45) is 1.80. The Morgan fingerprint density at radius 2 is 1.71 bits per heavy atom. The number of hydrogen-bond donors (Lipinski definition) is 1. The molecule has 1 saturated carbocycles. The summed E-state index contributed by atoms with van der Waals surface area (Å²) in [6.45, 7) is 0.189. The smallest absolute Gasteiger partial charge is 0.410 e. The molecule has 2 aromatic rings. The van der Waals surface area contributed by atoms with Crippen LogP contribution in [0.5, 0.6) is 0 Å². The van der Waals surface area contributed by atoms with Crippen molar-refractivity contribution in [3.63, 3.8) is 0 Å². The van der Waals surface area contributed by atoms with E-state index in [1.165, 1.54) is 24.3 Å². The van der Waals surface area contributed by atoms with Gasteiger partial charge in [-0.25, -0.2) is 17.9 Å². The highest BCUT2D eigenvalue weighted by Gasteiger charge is 2.32. The Morgan fingerprint density at radius 3 is 2.35 bits per heavy atom. The second-order valence-corrected chi connectivity index (χ2v) is 9.19. The topological polar surface area (TPSA) is 119 Å². The van der Waals surface area contributed by atoms with Crippen molar-refractivity contribution in [1.82, 2.24) is 9.62 Å². The third kappa shape index (κ3) is 5.80. The van der Waals surface area contributed by atoms with E-state index in [2.05, 4.69) is 4.72 Å². The standard InChI is InChI=1S/C21H25N3O6S/c1-23(21(25)30-15-16-7-3-2-4-8-16)18-13-11-17(12-14-18)22-31(28,29)20-10-6-5-9-19(20)24(26)27/h2-10,17-18,22H,11-15H2,1H3. The van der Waals surface area contributed by atoms with Crippen molar-refractivity contribution < 1.29 is 22.9 Å². The van der Waals surface area contributed by atoms with Gasteiger partial charge in [0.1, 0.15) is 6.61 Å². The van der Waals surface area contributed by atoms with Crippen LogP contribution in [0.4, 0.5) is 10.5 Å². The van der Waals surface area contributed by atoms with Crippen LogP contribution in [0.2, 0.25) is 0 Å². The van der Waals surface area contributed by atoms with E-state index in [-0.39, 0.29) is 23.6 Å². The quantitative estimate of drug-likeness (QED) is 0.513. The van der Waals surface area contributed by atoms with Crippen LogP contribution < -0.4 is 4.72 Å². The number of rotatable bonds is 7. The van der Waals surface area contributed by atoms with Crippen LogP contribution in [-0.2, 0) is 21.4 Å². The second-order valence-electron chi connectivity index (χ2n) is 7.50. The van der Waals surface area contributed by atoms with Crippen molar-refractivity contribution in [2.24, 2.45) is 0 Å². The minimum Gasteiger partial charge on any atom is -0.445 e. The molecule has 9 nitrogen and oxygen atoms in total. The molecular weight excluding hydrogens is 422 g/mol. The maximum absolute atomic E-state index is 12.7. The number of sulfonamides is 1. The summed E-state index contributed by atoms with van der Waals surface area (Å²) in [4.78, 5) is 24.0. The predicted molar refractivity (Wildman–Crippen MR) is 114 cm³/mol. The van der Waals surface area contributed by atoms with Crippen molar-refractivity contribution in [2.75, 3.05) is 7.05 Å². The molecule has 0 atom stereocenters. The molecule has 1 aliphatic carbocycles. The van der Waals surface area contributed by atoms with Crippen LogP contribution in [0, 0.1) is 10.1 Å². The van der Waals surface area contributed by atoms with Crippen LogP contribution in [0.3, 0.4) is 0 Å². The number of benzene rings is 2. The molecule has 0 saturated heterocycles. The van der Waals surface area contributed by atoms with Crippen LogP contribution in [0.25, 0.3) is 0 Å². The molecule has 0 heterocycles. The van der Waals surface area contributed by atoms with Crippen molar-refractivity contribution in [1.29, 1.82) is 0 Å². The van der Waals surface area contributed by atoms with E-state index in [4.69, 9.17) is 4.74 Å². The molecular formula is C21H25N3O6S. The van der Waals surface area contributed by atoms with E-state index >= 15 is 0 Å². The molecule has 2 aromatic carbocycles. The molecule has 1 fully saturated rings. The number of ether oxygens (including phenoxy) is 1. The van der Waals surface area contributed by atoms with Crippen molar-refractivity contribution in [2.45, 2.75) is 49.3 Å². The molecule has 1 aliphatic rings. The zero-order valence-electron chi connectivity index (χ0n) is 17.1. The average Bonchev–Trinajstić information content (AvgIpc) is 2.78. The maximum atomic E-state index is 12.7. The van der Waals surface area contributed by atoms with Gasteiger partial charge in [-0.2, -0.15) is 0 Å². The lowest BCUT2D eigenvalue weighted by Gasteiger charge is -2.34. The third-order valence-electron chi connectivity index (χ3n) is 5.41. The van der Waals surface area contributed by atoms with Gasteiger partial charge in [-0.1, -0.05) is 42.5 Å². The molecule has 0 unspecified atom stereocenters. The van der Waals surface area contributed by atoms with E-state index < -0.39 is 26.7 Å². The number of nitrogens with zero attached hydrogens (tertiary/aromatic N) is 2. The van der Waals surface area contributed by atoms with Crippen molar-refractivity contribution in [3.8, 4) is 0 Å². The van der Waals surface area contributed by atoms with Gasteiger partial charge in [-0.05, 0) is 37.3 Å². The number of nitro benzene ring substituents is 1. The van der Waals surface area contributed by atoms with Crippen molar-refractivity contribution >= 4 is 21.8 Å². The van der Waals surface area contributed by atoms with Gasteiger partial charge < -0.3 is 9.64 Å². The Balaban J connectivity index is 1.53. The normalized spacial score (nSPS) is 18.9. The number of nitrogens with one attached hydrogen (secondary N) is 1. The fourth-order valence-corrected chi connectivity index (χ4v) is 5.15. The van der Waals surface area contributed by atoms with E-state index in [1.54, 1.807) is 11.9 Å². The maximum Gasteiger partial charge on any atom is 0.410 e. The van der Waals surface area contributed by atoms with Gasteiger partial charge in [-0.3, -0.25) is 10.1 Å². The Bertz CT molecular complexity index is 1020. The number of nitro groups is 1. The molecule has 10 heteroatoms. The predicted octanol–water partition coefficient (Wildman–Crippen LogP) is 3.45. The fourth-order valence-electron chi connectivity index (χ4n) is 3.67. The van der Waals surface area contributed by atoms with E-state index in [9.17, 15) is 23.3 Å². The summed E-state index contributed by atoms with van der Waals surface area (Å²) in [5.41, 5.74) is 0.446. The average molecular weight is 448 g/mol. The van der Waals surface area contributed by atoms with Crippen LogP contribution >= 0.6 is 0 Å². The molecule has 0 bridgehead atoms. The summed E-state index contributed by atoms with van der Waals surface area (Å²) in [5, 5.41) is 11.2. The lowest BCUT2D eigenvalue weighted by Crippen LogP contribution is -2.44. The van der Waals surface area contributed by atoms with Crippen LogP contribution in [0.15, 0.2) is 59.5 Å². The van der Waals surface area contributed by atoms with Crippen LogP contribution in [-0.4, -0.2) is 43.5 Å². The molecule has 166 valence electrons. The lowest BCUT2D eigenvalue weighted by molar-refractivity contribution is -0.387. The Labute approximate surface area is 181 Å².